The van der Waals surface area contributed by atoms with Crippen LogP contribution in [0, 0.1) is 0 Å². The van der Waals surface area contributed by atoms with Gasteiger partial charge in [-0.1, -0.05) is 6.92 Å². The van der Waals surface area contributed by atoms with Crippen molar-refractivity contribution >= 4 is 11.6 Å². The van der Waals surface area contributed by atoms with E-state index in [1.165, 1.54) is 0 Å². The number of nitrogens with one attached hydrogen (secondary N) is 1. The van der Waals surface area contributed by atoms with Gasteiger partial charge >= 0.3 is 0 Å². The first-order valence-corrected chi connectivity index (χ1v) is 7.05. The molecule has 2 aromatic heterocycles. The van der Waals surface area contributed by atoms with E-state index in [-0.39, 0.29) is 5.91 Å². The number of pyridine rings is 2. The Hall–Kier alpha value is -2.43. The summed E-state index contributed by atoms with van der Waals surface area (Å²) >= 11 is 0. The number of rotatable bonds is 6. The summed E-state index contributed by atoms with van der Waals surface area (Å²) in [7, 11) is 1.77. The van der Waals surface area contributed by atoms with Crippen LogP contribution in [-0.2, 0) is 6.54 Å². The Labute approximate surface area is 125 Å². The summed E-state index contributed by atoms with van der Waals surface area (Å²) in [6, 6.07) is 7.43. The number of hydrogen-bond donors (Lipinski definition) is 1. The van der Waals surface area contributed by atoms with E-state index in [9.17, 15) is 4.79 Å². The highest BCUT2D eigenvalue weighted by Gasteiger charge is 2.13. The molecule has 0 aliphatic heterocycles. The van der Waals surface area contributed by atoms with E-state index in [1.54, 1.807) is 36.6 Å². The number of hydrogen-bond acceptors (Lipinski definition) is 4. The molecule has 0 bridgehead atoms. The zero-order valence-corrected chi connectivity index (χ0v) is 12.4. The quantitative estimate of drug-likeness (QED) is 0.885. The molecule has 2 rings (SSSR count). The van der Waals surface area contributed by atoms with Gasteiger partial charge in [0, 0.05) is 32.5 Å². The van der Waals surface area contributed by atoms with Crippen LogP contribution in [0.25, 0.3) is 0 Å². The molecule has 0 aliphatic rings. The minimum atomic E-state index is -0.0890. The Morgan fingerprint density at radius 3 is 2.62 bits per heavy atom. The Morgan fingerprint density at radius 2 is 2.00 bits per heavy atom. The summed E-state index contributed by atoms with van der Waals surface area (Å²) in [6.45, 7) is 3.54. The molecule has 110 valence electrons. The molecule has 2 aromatic rings. The van der Waals surface area contributed by atoms with Gasteiger partial charge in [0.25, 0.3) is 5.91 Å². The number of amides is 1. The summed E-state index contributed by atoms with van der Waals surface area (Å²) in [5, 5.41) is 3.24. The topological polar surface area (TPSA) is 58.1 Å². The molecule has 0 atom stereocenters. The molecule has 0 saturated carbocycles. The third-order valence-corrected chi connectivity index (χ3v) is 3.08. The van der Waals surface area contributed by atoms with E-state index < -0.39 is 0 Å². The second kappa shape index (κ2) is 7.38. The van der Waals surface area contributed by atoms with Gasteiger partial charge in [-0.2, -0.15) is 0 Å². The van der Waals surface area contributed by atoms with Crippen molar-refractivity contribution in [3.05, 3.63) is 54.1 Å². The van der Waals surface area contributed by atoms with Crippen molar-refractivity contribution in [2.45, 2.75) is 19.9 Å². The highest BCUT2D eigenvalue weighted by Crippen LogP contribution is 2.09. The van der Waals surface area contributed by atoms with Crippen LogP contribution in [0.3, 0.4) is 0 Å². The summed E-state index contributed by atoms with van der Waals surface area (Å²) in [5.74, 6) is -0.0890. The van der Waals surface area contributed by atoms with Gasteiger partial charge in [-0.15, -0.1) is 0 Å². The first-order chi connectivity index (χ1) is 10.2. The minimum absolute atomic E-state index is 0.0890. The fourth-order valence-electron chi connectivity index (χ4n) is 1.92. The number of nitrogens with zero attached hydrogens (tertiary/aromatic N) is 3. The molecule has 5 heteroatoms. The van der Waals surface area contributed by atoms with Crippen molar-refractivity contribution in [2.75, 3.05) is 18.9 Å². The highest BCUT2D eigenvalue weighted by molar-refractivity contribution is 5.92. The van der Waals surface area contributed by atoms with Crippen LogP contribution >= 0.6 is 0 Å². The zero-order valence-electron chi connectivity index (χ0n) is 12.4. The summed E-state index contributed by atoms with van der Waals surface area (Å²) in [4.78, 5) is 22.1. The second-order valence-corrected chi connectivity index (χ2v) is 4.88. The Balaban J connectivity index is 1.98. The molecule has 0 aromatic carbocycles. The van der Waals surface area contributed by atoms with Crippen molar-refractivity contribution in [2.24, 2.45) is 0 Å². The molecule has 0 aliphatic carbocycles. The normalized spacial score (nSPS) is 10.2. The van der Waals surface area contributed by atoms with E-state index >= 15 is 0 Å². The van der Waals surface area contributed by atoms with Gasteiger partial charge in [0.1, 0.15) is 5.69 Å². The van der Waals surface area contributed by atoms with Crippen LogP contribution in [0.2, 0.25) is 0 Å². The Kier molecular flexibility index (Phi) is 5.26. The van der Waals surface area contributed by atoms with E-state index in [1.807, 2.05) is 18.2 Å². The van der Waals surface area contributed by atoms with Crippen LogP contribution in [0.15, 0.2) is 42.9 Å². The maximum atomic E-state index is 12.3. The Bertz CT molecular complexity index is 569. The lowest BCUT2D eigenvalue weighted by atomic mass is 10.2. The first kappa shape index (κ1) is 15.0. The fraction of sp³-hybridized carbons (Fsp3) is 0.312. The lowest BCUT2D eigenvalue weighted by Crippen LogP contribution is -2.27. The minimum Gasteiger partial charge on any atom is -0.384 e. The molecule has 2 heterocycles. The van der Waals surface area contributed by atoms with Gasteiger partial charge in [-0.25, -0.2) is 4.98 Å². The van der Waals surface area contributed by atoms with E-state index in [4.69, 9.17) is 0 Å². The van der Waals surface area contributed by atoms with Gasteiger partial charge < -0.3 is 10.2 Å². The van der Waals surface area contributed by atoms with Gasteiger partial charge in [-0.05, 0) is 36.2 Å². The first-order valence-electron chi connectivity index (χ1n) is 7.05. The van der Waals surface area contributed by atoms with Crippen LogP contribution in [0.4, 0.5) is 5.69 Å². The predicted octanol–water partition coefficient (Wildman–Crippen LogP) is 2.57. The van der Waals surface area contributed by atoms with Crippen molar-refractivity contribution in [3.63, 3.8) is 0 Å². The zero-order chi connectivity index (χ0) is 15.1. The lowest BCUT2D eigenvalue weighted by molar-refractivity contribution is 0.0779. The molecule has 1 N–H and O–H groups in total. The van der Waals surface area contributed by atoms with Crippen molar-refractivity contribution in [1.82, 2.24) is 14.9 Å². The maximum absolute atomic E-state index is 12.3. The van der Waals surface area contributed by atoms with E-state index in [0.717, 1.165) is 24.2 Å². The summed E-state index contributed by atoms with van der Waals surface area (Å²) in [5.41, 5.74) is 2.43. The number of anilines is 1. The molecule has 5 nitrogen and oxygen atoms in total. The molecular formula is C16H20N4O. The summed E-state index contributed by atoms with van der Waals surface area (Å²) in [6.07, 6.45) is 6.19. The molecule has 21 heavy (non-hydrogen) atoms. The maximum Gasteiger partial charge on any atom is 0.272 e. The van der Waals surface area contributed by atoms with Crippen LogP contribution in [-0.4, -0.2) is 34.4 Å². The van der Waals surface area contributed by atoms with Crippen molar-refractivity contribution in [1.29, 1.82) is 0 Å². The average molecular weight is 284 g/mol. The standard InChI is InChI=1S/C16H20N4O/c1-3-8-18-14-4-5-15(19-11-14)16(21)20(2)12-13-6-9-17-10-7-13/h4-7,9-11,18H,3,8,12H2,1-2H3. The van der Waals surface area contributed by atoms with Crippen molar-refractivity contribution < 1.29 is 4.79 Å². The summed E-state index contributed by atoms with van der Waals surface area (Å²) < 4.78 is 0. The predicted molar refractivity (Wildman–Crippen MR) is 83.1 cm³/mol. The molecule has 1 amide bonds. The van der Waals surface area contributed by atoms with E-state index in [0.29, 0.717) is 12.2 Å². The number of aromatic nitrogens is 2. The molecule has 0 saturated heterocycles. The number of carbonyl (C=O) groups excluding carboxylic acids is 1. The largest absolute Gasteiger partial charge is 0.384 e. The average Bonchev–Trinajstić information content (AvgIpc) is 2.53. The Morgan fingerprint density at radius 1 is 1.24 bits per heavy atom. The van der Waals surface area contributed by atoms with Gasteiger partial charge in [0.2, 0.25) is 0 Å². The smallest absolute Gasteiger partial charge is 0.272 e. The molecule has 0 spiro atoms. The SMILES string of the molecule is CCCNc1ccc(C(=O)N(C)Cc2ccncc2)nc1. The fourth-order valence-corrected chi connectivity index (χ4v) is 1.92. The van der Waals surface area contributed by atoms with Crippen LogP contribution < -0.4 is 5.32 Å². The van der Waals surface area contributed by atoms with Gasteiger partial charge in [0.05, 0.1) is 11.9 Å². The second-order valence-electron chi connectivity index (χ2n) is 4.88. The van der Waals surface area contributed by atoms with E-state index in [2.05, 4.69) is 22.2 Å². The monoisotopic (exact) mass is 284 g/mol. The van der Waals surface area contributed by atoms with Crippen LogP contribution in [0.5, 0.6) is 0 Å². The molecular weight excluding hydrogens is 264 g/mol. The third-order valence-electron chi connectivity index (χ3n) is 3.08. The third kappa shape index (κ3) is 4.27. The van der Waals surface area contributed by atoms with Crippen molar-refractivity contribution in [3.8, 4) is 0 Å². The highest BCUT2D eigenvalue weighted by atomic mass is 16.2. The van der Waals surface area contributed by atoms with Gasteiger partial charge in [0.15, 0.2) is 0 Å². The molecule has 0 radical (unpaired) electrons. The van der Waals surface area contributed by atoms with Crippen LogP contribution in [0.1, 0.15) is 29.4 Å². The molecule has 0 fully saturated rings. The lowest BCUT2D eigenvalue weighted by Gasteiger charge is -2.16. The molecule has 0 unspecified atom stereocenters. The van der Waals surface area contributed by atoms with Gasteiger partial charge in [-0.3, -0.25) is 9.78 Å². The number of carbonyl (C=O) groups is 1.